The number of hydrogen-bond acceptors (Lipinski definition) is 2. The Kier molecular flexibility index (Phi) is 3.10. The third-order valence-electron chi connectivity index (χ3n) is 0.651. The van der Waals surface area contributed by atoms with E-state index in [4.69, 9.17) is 10.2 Å². The molecule has 2 N–H and O–H groups in total. The van der Waals surface area contributed by atoms with Gasteiger partial charge in [0.05, 0.1) is 0 Å². The Morgan fingerprint density at radius 2 is 2.25 bits per heavy atom. The number of carboxylic acids is 1. The molecule has 4 heteroatoms. The predicted octanol–water partition coefficient (Wildman–Crippen LogP) is -0.209. The Labute approximate surface area is 45.7 Å². The number of halogens is 1. The number of aliphatic hydroxyl groups is 1. The fourth-order valence-electron chi connectivity index (χ4n) is 0.237. The van der Waals surface area contributed by atoms with Crippen molar-refractivity contribution in [2.75, 3.05) is 6.61 Å². The summed E-state index contributed by atoms with van der Waals surface area (Å²) in [5, 5.41) is 15.8. The molecule has 0 aromatic heterocycles. The van der Waals surface area contributed by atoms with E-state index in [0.29, 0.717) is 0 Å². The lowest BCUT2D eigenvalue weighted by atomic mass is 10.3. The van der Waals surface area contributed by atoms with Gasteiger partial charge >= 0.3 is 5.97 Å². The molecule has 0 aliphatic carbocycles. The number of aliphatic carboxylic acids is 1. The average Bonchev–Trinajstić information content (AvgIpc) is 1.67. The van der Waals surface area contributed by atoms with Crippen molar-refractivity contribution in [1.29, 1.82) is 0 Å². The maximum absolute atomic E-state index is 11.8. The van der Waals surface area contributed by atoms with E-state index in [9.17, 15) is 9.18 Å². The number of rotatable bonds is 3. The van der Waals surface area contributed by atoms with Gasteiger partial charge in [0, 0.05) is 13.0 Å². The van der Waals surface area contributed by atoms with Crippen molar-refractivity contribution in [3.63, 3.8) is 0 Å². The first-order valence-electron chi connectivity index (χ1n) is 2.16. The standard InChI is InChI=1S/C4H7FO3/c5-3(1-2-6)4(7)8/h3,6H,1-2H2,(H,7,8). The highest BCUT2D eigenvalue weighted by Crippen LogP contribution is 1.94. The number of hydrogen-bond donors (Lipinski definition) is 2. The third kappa shape index (κ3) is 2.52. The molecular weight excluding hydrogens is 115 g/mol. The van der Waals surface area contributed by atoms with Crippen LogP contribution in [-0.4, -0.2) is 29.0 Å². The quantitative estimate of drug-likeness (QED) is 0.544. The molecule has 0 spiro atoms. The Hall–Kier alpha value is -0.640. The predicted molar refractivity (Wildman–Crippen MR) is 24.2 cm³/mol. The Morgan fingerprint density at radius 1 is 1.75 bits per heavy atom. The molecular formula is C4H7FO3. The second-order valence-corrected chi connectivity index (χ2v) is 1.32. The van der Waals surface area contributed by atoms with E-state index in [1.807, 2.05) is 0 Å². The number of carboxylic acid groups (broad SMARTS) is 1. The van der Waals surface area contributed by atoms with Crippen molar-refractivity contribution in [3.8, 4) is 0 Å². The van der Waals surface area contributed by atoms with Gasteiger partial charge in [-0.15, -0.1) is 0 Å². The maximum Gasteiger partial charge on any atom is 0.338 e. The molecule has 0 rings (SSSR count). The van der Waals surface area contributed by atoms with E-state index in [1.54, 1.807) is 0 Å². The molecule has 0 aliphatic rings. The first-order chi connectivity index (χ1) is 3.68. The normalized spacial score (nSPS) is 13.2. The van der Waals surface area contributed by atoms with Crippen molar-refractivity contribution in [2.45, 2.75) is 12.6 Å². The molecule has 0 aliphatic heterocycles. The van der Waals surface area contributed by atoms with Crippen LogP contribution in [-0.2, 0) is 4.79 Å². The third-order valence-corrected chi connectivity index (χ3v) is 0.651. The van der Waals surface area contributed by atoms with Gasteiger partial charge in [-0.25, -0.2) is 9.18 Å². The molecule has 0 fully saturated rings. The number of alkyl halides is 1. The summed E-state index contributed by atoms with van der Waals surface area (Å²) < 4.78 is 11.8. The van der Waals surface area contributed by atoms with Gasteiger partial charge in [0.2, 0.25) is 0 Å². The van der Waals surface area contributed by atoms with E-state index < -0.39 is 18.7 Å². The maximum atomic E-state index is 11.8. The van der Waals surface area contributed by atoms with E-state index in [2.05, 4.69) is 0 Å². The molecule has 48 valence electrons. The zero-order valence-electron chi connectivity index (χ0n) is 4.17. The summed E-state index contributed by atoms with van der Waals surface area (Å²) in [7, 11) is 0. The monoisotopic (exact) mass is 122 g/mol. The minimum atomic E-state index is -1.92. The van der Waals surface area contributed by atoms with Crippen molar-refractivity contribution in [2.24, 2.45) is 0 Å². The Bertz CT molecular complexity index is 83.4. The Morgan fingerprint density at radius 3 is 2.38 bits per heavy atom. The largest absolute Gasteiger partial charge is 0.479 e. The lowest BCUT2D eigenvalue weighted by Gasteiger charge is -1.95. The van der Waals surface area contributed by atoms with Gasteiger partial charge in [0.15, 0.2) is 6.17 Å². The molecule has 1 atom stereocenters. The van der Waals surface area contributed by atoms with E-state index in [0.717, 1.165) is 0 Å². The second-order valence-electron chi connectivity index (χ2n) is 1.32. The molecule has 0 heterocycles. The smallest absolute Gasteiger partial charge is 0.338 e. The fourth-order valence-corrected chi connectivity index (χ4v) is 0.237. The van der Waals surface area contributed by atoms with Crippen molar-refractivity contribution < 1.29 is 19.4 Å². The summed E-state index contributed by atoms with van der Waals surface area (Å²) in [4.78, 5) is 9.60. The van der Waals surface area contributed by atoms with Gasteiger partial charge in [-0.2, -0.15) is 0 Å². The molecule has 0 saturated heterocycles. The lowest BCUT2D eigenvalue weighted by molar-refractivity contribution is -0.143. The van der Waals surface area contributed by atoms with Gasteiger partial charge in [0.25, 0.3) is 0 Å². The van der Waals surface area contributed by atoms with Gasteiger partial charge in [-0.3, -0.25) is 0 Å². The minimum Gasteiger partial charge on any atom is -0.479 e. The molecule has 0 bridgehead atoms. The van der Waals surface area contributed by atoms with Gasteiger partial charge in [0.1, 0.15) is 0 Å². The van der Waals surface area contributed by atoms with Crippen molar-refractivity contribution in [1.82, 2.24) is 0 Å². The average molecular weight is 122 g/mol. The summed E-state index contributed by atoms with van der Waals surface area (Å²) in [6, 6.07) is 0. The van der Waals surface area contributed by atoms with Gasteiger partial charge in [-0.05, 0) is 0 Å². The van der Waals surface area contributed by atoms with Crippen LogP contribution < -0.4 is 0 Å². The zero-order valence-corrected chi connectivity index (χ0v) is 4.17. The van der Waals surface area contributed by atoms with Crippen LogP contribution in [0.5, 0.6) is 0 Å². The summed E-state index contributed by atoms with van der Waals surface area (Å²) in [5.74, 6) is -1.51. The van der Waals surface area contributed by atoms with Crippen LogP contribution in [0.3, 0.4) is 0 Å². The molecule has 3 nitrogen and oxygen atoms in total. The van der Waals surface area contributed by atoms with Crippen LogP contribution in [0.1, 0.15) is 6.42 Å². The van der Waals surface area contributed by atoms with E-state index >= 15 is 0 Å². The molecule has 8 heavy (non-hydrogen) atoms. The zero-order chi connectivity index (χ0) is 6.57. The van der Waals surface area contributed by atoms with Crippen LogP contribution in [0.15, 0.2) is 0 Å². The number of aliphatic hydroxyl groups excluding tert-OH is 1. The van der Waals surface area contributed by atoms with Gasteiger partial charge in [-0.1, -0.05) is 0 Å². The molecule has 0 saturated carbocycles. The highest BCUT2D eigenvalue weighted by Gasteiger charge is 2.13. The second kappa shape index (κ2) is 3.37. The lowest BCUT2D eigenvalue weighted by Crippen LogP contribution is -2.15. The first kappa shape index (κ1) is 7.36. The first-order valence-corrected chi connectivity index (χ1v) is 2.16. The highest BCUT2D eigenvalue weighted by molar-refractivity contribution is 5.71. The molecule has 0 aromatic carbocycles. The van der Waals surface area contributed by atoms with Crippen molar-refractivity contribution >= 4 is 5.97 Å². The highest BCUT2D eigenvalue weighted by atomic mass is 19.1. The van der Waals surface area contributed by atoms with E-state index in [1.165, 1.54) is 0 Å². The van der Waals surface area contributed by atoms with Crippen LogP contribution >= 0.6 is 0 Å². The van der Waals surface area contributed by atoms with Crippen LogP contribution in [0.2, 0.25) is 0 Å². The summed E-state index contributed by atoms with van der Waals surface area (Å²) in [6.45, 7) is -0.423. The van der Waals surface area contributed by atoms with Gasteiger partial charge < -0.3 is 10.2 Å². The van der Waals surface area contributed by atoms with E-state index in [-0.39, 0.29) is 6.42 Å². The van der Waals surface area contributed by atoms with Crippen LogP contribution in [0, 0.1) is 0 Å². The van der Waals surface area contributed by atoms with Crippen molar-refractivity contribution in [3.05, 3.63) is 0 Å². The molecule has 0 aromatic rings. The molecule has 1 unspecified atom stereocenters. The van der Waals surface area contributed by atoms with Crippen LogP contribution in [0.4, 0.5) is 4.39 Å². The Balaban J connectivity index is 3.32. The summed E-state index contributed by atoms with van der Waals surface area (Å²) in [6.07, 6.45) is -2.24. The number of carbonyl (C=O) groups is 1. The fraction of sp³-hybridized carbons (Fsp3) is 0.750. The molecule has 0 amide bonds. The van der Waals surface area contributed by atoms with Crippen LogP contribution in [0.25, 0.3) is 0 Å². The SMILES string of the molecule is O=C(O)C(F)CCO. The minimum absolute atomic E-state index is 0.324. The molecule has 0 radical (unpaired) electrons. The summed E-state index contributed by atoms with van der Waals surface area (Å²) >= 11 is 0. The topological polar surface area (TPSA) is 57.5 Å². The summed E-state index contributed by atoms with van der Waals surface area (Å²) in [5.41, 5.74) is 0.